The van der Waals surface area contributed by atoms with Crippen LogP contribution in [0.4, 0.5) is 10.5 Å². The van der Waals surface area contributed by atoms with Crippen LogP contribution in [0.15, 0.2) is 78.5 Å². The van der Waals surface area contributed by atoms with E-state index in [0.29, 0.717) is 42.1 Å². The van der Waals surface area contributed by atoms with Gasteiger partial charge in [0.2, 0.25) is 0 Å². The first kappa shape index (κ1) is 33.1. The van der Waals surface area contributed by atoms with E-state index >= 15 is 4.79 Å². The van der Waals surface area contributed by atoms with Gasteiger partial charge in [-0.2, -0.15) is 0 Å². The molecule has 0 saturated heterocycles. The Morgan fingerprint density at radius 3 is 2.12 bits per heavy atom. The van der Waals surface area contributed by atoms with Gasteiger partial charge in [-0.1, -0.05) is 48.5 Å². The third-order valence-corrected chi connectivity index (χ3v) is 9.12. The van der Waals surface area contributed by atoms with Crippen molar-refractivity contribution >= 4 is 23.7 Å². The number of imide groups is 1. The molecule has 9 nitrogen and oxygen atoms in total. The van der Waals surface area contributed by atoms with Crippen LogP contribution >= 0.6 is 0 Å². The van der Waals surface area contributed by atoms with Crippen LogP contribution in [-0.4, -0.2) is 54.8 Å². The molecule has 0 fully saturated rings. The van der Waals surface area contributed by atoms with Crippen molar-refractivity contribution in [3.8, 4) is 11.5 Å². The summed E-state index contributed by atoms with van der Waals surface area (Å²) in [4.78, 5) is 47.7. The molecule has 3 heterocycles. The van der Waals surface area contributed by atoms with Crippen LogP contribution in [0.3, 0.4) is 0 Å². The largest absolute Gasteiger partial charge is 0.493 e. The van der Waals surface area contributed by atoms with Crippen molar-refractivity contribution in [2.75, 3.05) is 25.7 Å². The number of anilines is 1. The maximum Gasteiger partial charge on any atom is 0.421 e. The van der Waals surface area contributed by atoms with Crippen LogP contribution in [0, 0.1) is 5.92 Å². The highest BCUT2D eigenvalue weighted by atomic mass is 16.6. The first-order valence-corrected chi connectivity index (χ1v) is 16.3. The predicted octanol–water partition coefficient (Wildman–Crippen LogP) is 6.92. The number of methoxy groups -OCH3 is 2. The number of carbonyl (C=O) groups is 3. The molecule has 3 aromatic rings. The number of ether oxygens (including phenoxy) is 4. The van der Waals surface area contributed by atoms with Gasteiger partial charge in [-0.25, -0.2) is 9.69 Å². The summed E-state index contributed by atoms with van der Waals surface area (Å²) in [5, 5.41) is 0. The Labute approximate surface area is 282 Å². The Morgan fingerprint density at radius 1 is 0.854 bits per heavy atom. The van der Waals surface area contributed by atoms with Crippen molar-refractivity contribution in [2.24, 2.45) is 5.92 Å². The monoisotopic (exact) mass is 652 g/mol. The normalized spacial score (nSPS) is 21.6. The number of hydrogen-bond acceptors (Lipinski definition) is 8. The molecule has 48 heavy (non-hydrogen) atoms. The molecular weight excluding hydrogens is 608 g/mol. The standard InChI is InChI=1S/C39H44N2O7/c1-37(2,3)47-34(42)32-26(20-24-14-10-9-11-15-24)23-40-19-18-25-21-30(45-7)31(46-8)22-27(25)33(40)39(32)28-16-12-13-17-29(28)41(35(39)43)36(44)48-38(4,5)6/h9-17,21-23,32-33H,18-20H2,1-8H3/t32-,33+,39-/m0/s1. The van der Waals surface area contributed by atoms with Gasteiger partial charge in [0.05, 0.1) is 25.9 Å². The first-order valence-electron chi connectivity index (χ1n) is 16.3. The summed E-state index contributed by atoms with van der Waals surface area (Å²) in [5.74, 6) is -1.08. The van der Waals surface area contributed by atoms with Gasteiger partial charge in [0.25, 0.3) is 5.91 Å². The molecular formula is C39H44N2O7. The molecule has 0 radical (unpaired) electrons. The van der Waals surface area contributed by atoms with Gasteiger partial charge in [-0.15, -0.1) is 0 Å². The maximum absolute atomic E-state index is 15.6. The Bertz CT molecular complexity index is 1790. The van der Waals surface area contributed by atoms with Gasteiger partial charge in [-0.05, 0) is 100 Å². The van der Waals surface area contributed by atoms with E-state index in [1.807, 2.05) is 81.6 Å². The third-order valence-electron chi connectivity index (χ3n) is 9.12. The number of para-hydroxylation sites is 1. The predicted molar refractivity (Wildman–Crippen MR) is 182 cm³/mol. The van der Waals surface area contributed by atoms with Gasteiger partial charge in [0.1, 0.15) is 22.5 Å². The average molecular weight is 653 g/mol. The Balaban J connectivity index is 1.69. The summed E-state index contributed by atoms with van der Waals surface area (Å²) in [6.07, 6.45) is 2.30. The lowest BCUT2D eigenvalue weighted by atomic mass is 9.58. The van der Waals surface area contributed by atoms with E-state index in [1.54, 1.807) is 47.1 Å². The quantitative estimate of drug-likeness (QED) is 0.274. The van der Waals surface area contributed by atoms with Crippen molar-refractivity contribution in [3.63, 3.8) is 0 Å². The summed E-state index contributed by atoms with van der Waals surface area (Å²) >= 11 is 0. The number of benzene rings is 3. The molecule has 252 valence electrons. The second kappa shape index (κ2) is 12.0. The number of hydrogen-bond donors (Lipinski definition) is 0. The minimum absolute atomic E-state index is 0.388. The molecule has 0 aromatic heterocycles. The zero-order valence-electron chi connectivity index (χ0n) is 29.0. The zero-order chi connectivity index (χ0) is 34.6. The molecule has 0 unspecified atom stereocenters. The molecule has 3 aromatic carbocycles. The van der Waals surface area contributed by atoms with Gasteiger partial charge >= 0.3 is 12.1 Å². The van der Waals surface area contributed by atoms with E-state index in [4.69, 9.17) is 18.9 Å². The summed E-state index contributed by atoms with van der Waals surface area (Å²) in [7, 11) is 3.16. The minimum Gasteiger partial charge on any atom is -0.493 e. The molecule has 0 bridgehead atoms. The van der Waals surface area contributed by atoms with Crippen LogP contribution in [0.1, 0.15) is 69.8 Å². The van der Waals surface area contributed by atoms with Crippen LogP contribution < -0.4 is 14.4 Å². The topological polar surface area (TPSA) is 94.6 Å². The van der Waals surface area contributed by atoms with E-state index in [0.717, 1.165) is 27.2 Å². The van der Waals surface area contributed by atoms with Gasteiger partial charge in [-0.3, -0.25) is 9.59 Å². The fraction of sp³-hybridized carbons (Fsp3) is 0.410. The second-order valence-corrected chi connectivity index (χ2v) is 14.6. The van der Waals surface area contributed by atoms with E-state index in [9.17, 15) is 9.59 Å². The van der Waals surface area contributed by atoms with Gasteiger partial charge in [0, 0.05) is 12.7 Å². The highest BCUT2D eigenvalue weighted by molar-refractivity contribution is 6.23. The fourth-order valence-corrected chi connectivity index (χ4v) is 7.49. The fourth-order valence-electron chi connectivity index (χ4n) is 7.49. The number of fused-ring (bicyclic) bond motifs is 6. The lowest BCUT2D eigenvalue weighted by Crippen LogP contribution is -2.61. The van der Waals surface area contributed by atoms with E-state index in [-0.39, 0.29) is 0 Å². The SMILES string of the molecule is COc1cc2c(cc1OC)[C@H]1N(C=C(Cc3ccccc3)[C@@H](C(=O)OC(C)(C)C)[C@]13C(=O)N(C(=O)OC(C)(C)C)c1ccccc13)CC2. The third kappa shape index (κ3) is 5.59. The molecule has 0 saturated carbocycles. The number of carbonyl (C=O) groups excluding carboxylic acids is 3. The summed E-state index contributed by atoms with van der Waals surface area (Å²) < 4.78 is 23.5. The highest BCUT2D eigenvalue weighted by Crippen LogP contribution is 2.61. The molecule has 3 atom stereocenters. The summed E-state index contributed by atoms with van der Waals surface area (Å²) in [5.41, 5.74) is 1.12. The van der Waals surface area contributed by atoms with Crippen molar-refractivity contribution in [1.82, 2.24) is 4.90 Å². The molecule has 2 amide bonds. The van der Waals surface area contributed by atoms with Crippen molar-refractivity contribution in [2.45, 2.75) is 77.0 Å². The van der Waals surface area contributed by atoms with Crippen molar-refractivity contribution in [3.05, 3.63) is 101 Å². The van der Waals surface area contributed by atoms with Crippen LogP contribution in [0.25, 0.3) is 0 Å². The molecule has 6 rings (SSSR count). The molecule has 3 aliphatic heterocycles. The number of nitrogens with zero attached hydrogens (tertiary/aromatic N) is 2. The highest BCUT2D eigenvalue weighted by Gasteiger charge is 2.68. The molecule has 0 N–H and O–H groups in total. The van der Waals surface area contributed by atoms with Gasteiger partial charge < -0.3 is 23.8 Å². The minimum atomic E-state index is -1.61. The van der Waals surface area contributed by atoms with Crippen LogP contribution in [0.5, 0.6) is 11.5 Å². The molecule has 1 spiro atoms. The smallest absolute Gasteiger partial charge is 0.421 e. The maximum atomic E-state index is 15.6. The Kier molecular flexibility index (Phi) is 8.30. The first-order chi connectivity index (χ1) is 22.7. The number of rotatable bonds is 5. The molecule has 9 heteroatoms. The van der Waals surface area contributed by atoms with E-state index in [2.05, 4.69) is 4.90 Å². The van der Waals surface area contributed by atoms with E-state index in [1.165, 1.54) is 0 Å². The second-order valence-electron chi connectivity index (χ2n) is 14.6. The Morgan fingerprint density at radius 2 is 1.48 bits per heavy atom. The average Bonchev–Trinajstić information content (AvgIpc) is 3.26. The Hall–Kier alpha value is -4.79. The summed E-state index contributed by atoms with van der Waals surface area (Å²) in [6.45, 7) is 11.3. The van der Waals surface area contributed by atoms with Crippen LogP contribution in [0.2, 0.25) is 0 Å². The lowest BCUT2D eigenvalue weighted by molar-refractivity contribution is -0.165. The van der Waals surface area contributed by atoms with E-state index < -0.39 is 46.5 Å². The van der Waals surface area contributed by atoms with Crippen LogP contribution in [-0.2, 0) is 37.3 Å². The lowest BCUT2D eigenvalue weighted by Gasteiger charge is -2.53. The number of amides is 2. The zero-order valence-corrected chi connectivity index (χ0v) is 29.0. The summed E-state index contributed by atoms with van der Waals surface area (Å²) in [6, 6.07) is 20.3. The molecule has 3 aliphatic rings. The van der Waals surface area contributed by atoms with Crippen molar-refractivity contribution < 1.29 is 33.3 Å². The van der Waals surface area contributed by atoms with Gasteiger partial charge in [0.15, 0.2) is 11.5 Å². The van der Waals surface area contributed by atoms with Crippen molar-refractivity contribution in [1.29, 1.82) is 0 Å². The number of esters is 1. The molecule has 0 aliphatic carbocycles.